The Balaban J connectivity index is 4.50. The molecule has 0 heterocycles. The Bertz CT molecular complexity index is 194. The van der Waals surface area contributed by atoms with Crippen molar-refractivity contribution in [1.82, 2.24) is 0 Å². The normalized spacial score (nSPS) is 13.5. The summed E-state index contributed by atoms with van der Waals surface area (Å²) in [5.74, 6) is -1.39. The van der Waals surface area contributed by atoms with Crippen LogP contribution in [0.4, 0.5) is 4.39 Å². The van der Waals surface area contributed by atoms with Gasteiger partial charge in [-0.25, -0.2) is 4.39 Å². The number of aliphatic hydroxyl groups excluding tert-OH is 1. The molecule has 1 N–H and O–H groups in total. The molecule has 0 saturated carbocycles. The van der Waals surface area contributed by atoms with Crippen LogP contribution in [0.5, 0.6) is 0 Å². The third-order valence-electron chi connectivity index (χ3n) is 0.788. The predicted molar refractivity (Wildman–Crippen MR) is 40.6 cm³/mol. The highest BCUT2D eigenvalue weighted by Gasteiger charge is 2.02. The van der Waals surface area contributed by atoms with Gasteiger partial charge in [-0.1, -0.05) is 24.3 Å². The summed E-state index contributed by atoms with van der Waals surface area (Å²) in [4.78, 5) is 0. The Kier molecular flexibility index (Phi) is 3.81. The van der Waals surface area contributed by atoms with Gasteiger partial charge in [-0.15, -0.1) is 0 Å². The zero-order valence-electron chi connectivity index (χ0n) is 5.56. The first-order valence-corrected chi connectivity index (χ1v) is 3.03. The molecule has 0 spiro atoms. The maximum Gasteiger partial charge on any atom is 0.182 e. The maximum atomic E-state index is 12.5. The fourth-order valence-electron chi connectivity index (χ4n) is 0.370. The molecule has 10 heavy (non-hydrogen) atoms. The minimum atomic E-state index is -0.889. The third-order valence-corrected chi connectivity index (χ3v) is 0.954. The zero-order valence-corrected chi connectivity index (χ0v) is 6.32. The summed E-state index contributed by atoms with van der Waals surface area (Å²) >= 11 is 5.14. The van der Waals surface area contributed by atoms with Gasteiger partial charge in [-0.2, -0.15) is 0 Å². The third kappa shape index (κ3) is 2.69. The minimum absolute atomic E-state index is 0.296. The van der Waals surface area contributed by atoms with Gasteiger partial charge in [-0.05, 0) is 13.0 Å². The number of halogens is 2. The van der Waals surface area contributed by atoms with E-state index < -0.39 is 11.6 Å². The molecule has 0 aromatic carbocycles. The molecular weight excluding hydrogens is 155 g/mol. The van der Waals surface area contributed by atoms with Crippen LogP contribution in [-0.2, 0) is 0 Å². The lowest BCUT2D eigenvalue weighted by atomic mass is 10.4. The van der Waals surface area contributed by atoms with Crippen molar-refractivity contribution in [1.29, 1.82) is 0 Å². The Labute approximate surface area is 64.1 Å². The van der Waals surface area contributed by atoms with Crippen molar-refractivity contribution in [2.75, 3.05) is 0 Å². The van der Waals surface area contributed by atoms with Crippen molar-refractivity contribution in [3.8, 4) is 0 Å². The molecule has 0 aromatic heterocycles. The van der Waals surface area contributed by atoms with E-state index in [4.69, 9.17) is 16.7 Å². The van der Waals surface area contributed by atoms with Gasteiger partial charge in [-0.3, -0.25) is 0 Å². The maximum absolute atomic E-state index is 12.5. The molecule has 0 rings (SSSR count). The minimum Gasteiger partial charge on any atom is -0.505 e. The van der Waals surface area contributed by atoms with Crippen LogP contribution in [0.15, 0.2) is 35.3 Å². The summed E-state index contributed by atoms with van der Waals surface area (Å²) in [5.41, 5.74) is 0. The lowest BCUT2D eigenvalue weighted by Crippen LogP contribution is -1.80. The first-order valence-electron chi connectivity index (χ1n) is 2.65. The van der Waals surface area contributed by atoms with Crippen LogP contribution in [0.2, 0.25) is 0 Å². The summed E-state index contributed by atoms with van der Waals surface area (Å²) in [6.45, 7) is 4.75. The van der Waals surface area contributed by atoms with Gasteiger partial charge >= 0.3 is 0 Å². The first kappa shape index (κ1) is 9.24. The van der Waals surface area contributed by atoms with Crippen molar-refractivity contribution >= 4 is 11.6 Å². The lowest BCUT2D eigenvalue weighted by molar-refractivity contribution is 0.405. The van der Waals surface area contributed by atoms with E-state index in [0.29, 0.717) is 0 Å². The fraction of sp³-hybridized carbons (Fsp3) is 0.143. The Morgan fingerprint density at radius 1 is 1.70 bits per heavy atom. The summed E-state index contributed by atoms with van der Waals surface area (Å²) in [6.07, 6.45) is 2.69. The van der Waals surface area contributed by atoms with Crippen LogP contribution in [0.25, 0.3) is 0 Å². The Morgan fingerprint density at radius 3 is 2.50 bits per heavy atom. The van der Waals surface area contributed by atoms with Gasteiger partial charge in [0.2, 0.25) is 0 Å². The number of rotatable bonds is 2. The van der Waals surface area contributed by atoms with E-state index in [1.54, 1.807) is 6.92 Å². The Morgan fingerprint density at radius 2 is 2.20 bits per heavy atom. The smallest absolute Gasteiger partial charge is 0.182 e. The van der Waals surface area contributed by atoms with Crippen LogP contribution in [0.3, 0.4) is 0 Å². The summed E-state index contributed by atoms with van der Waals surface area (Å²) in [5, 5.41) is 8.46. The lowest BCUT2D eigenvalue weighted by Gasteiger charge is -1.93. The molecular formula is C7H8ClFO. The molecule has 0 saturated heterocycles. The second kappa shape index (κ2) is 4.12. The SMILES string of the molecule is C=C(Cl)/C(F)=C(O)\C=C/C. The second-order valence-corrected chi connectivity index (χ2v) is 2.06. The van der Waals surface area contributed by atoms with Crippen molar-refractivity contribution in [2.45, 2.75) is 6.92 Å². The van der Waals surface area contributed by atoms with Crippen LogP contribution < -0.4 is 0 Å². The molecule has 0 atom stereocenters. The van der Waals surface area contributed by atoms with Crippen molar-refractivity contribution < 1.29 is 9.50 Å². The van der Waals surface area contributed by atoms with E-state index in [1.165, 1.54) is 12.2 Å². The van der Waals surface area contributed by atoms with E-state index in [0.717, 1.165) is 0 Å². The molecule has 0 unspecified atom stereocenters. The monoisotopic (exact) mass is 162 g/mol. The molecule has 0 amide bonds. The quantitative estimate of drug-likeness (QED) is 0.489. The molecule has 0 aromatic rings. The van der Waals surface area contributed by atoms with E-state index >= 15 is 0 Å². The predicted octanol–water partition coefficient (Wildman–Crippen LogP) is 3.05. The number of hydrogen-bond acceptors (Lipinski definition) is 1. The van der Waals surface area contributed by atoms with Gasteiger partial charge in [0.1, 0.15) is 0 Å². The average Bonchev–Trinajstić information content (AvgIpc) is 1.87. The summed E-state index contributed by atoms with van der Waals surface area (Å²) < 4.78 is 12.5. The molecule has 0 aliphatic rings. The highest BCUT2D eigenvalue weighted by atomic mass is 35.5. The molecule has 3 heteroatoms. The largest absolute Gasteiger partial charge is 0.505 e. The van der Waals surface area contributed by atoms with Gasteiger partial charge in [0.05, 0.1) is 5.03 Å². The molecule has 0 bridgehead atoms. The molecule has 56 valence electrons. The highest BCUT2D eigenvalue weighted by Crippen LogP contribution is 2.16. The topological polar surface area (TPSA) is 20.2 Å². The number of aliphatic hydroxyl groups is 1. The van der Waals surface area contributed by atoms with E-state index in [1.807, 2.05) is 0 Å². The van der Waals surface area contributed by atoms with E-state index in [2.05, 4.69) is 6.58 Å². The summed E-state index contributed by atoms with van der Waals surface area (Å²) in [7, 11) is 0. The standard InChI is InChI=1S/C7H8ClFO/c1-3-4-6(10)7(9)5(2)8/h3-4,10H,2H2,1H3/b4-3-,7-6-. The van der Waals surface area contributed by atoms with Gasteiger partial charge in [0.25, 0.3) is 0 Å². The molecule has 0 aliphatic heterocycles. The van der Waals surface area contributed by atoms with E-state index in [-0.39, 0.29) is 5.03 Å². The Hall–Kier alpha value is -0.760. The van der Waals surface area contributed by atoms with Crippen molar-refractivity contribution in [3.05, 3.63) is 35.3 Å². The fourth-order valence-corrected chi connectivity index (χ4v) is 0.467. The molecule has 0 aliphatic carbocycles. The zero-order chi connectivity index (χ0) is 8.15. The van der Waals surface area contributed by atoms with Crippen LogP contribution in [0, 0.1) is 0 Å². The van der Waals surface area contributed by atoms with E-state index in [9.17, 15) is 4.39 Å². The number of allylic oxidation sites excluding steroid dienone is 4. The van der Waals surface area contributed by atoms with Gasteiger partial charge in [0, 0.05) is 0 Å². The second-order valence-electron chi connectivity index (χ2n) is 1.60. The molecule has 0 fully saturated rings. The van der Waals surface area contributed by atoms with Crippen LogP contribution in [-0.4, -0.2) is 5.11 Å². The first-order chi connectivity index (χ1) is 4.59. The average molecular weight is 163 g/mol. The van der Waals surface area contributed by atoms with Crippen LogP contribution in [0.1, 0.15) is 6.92 Å². The molecule has 0 radical (unpaired) electrons. The summed E-state index contributed by atoms with van der Waals surface area (Å²) in [6, 6.07) is 0. The number of hydrogen-bond donors (Lipinski definition) is 1. The van der Waals surface area contributed by atoms with Gasteiger partial charge in [0.15, 0.2) is 11.6 Å². The van der Waals surface area contributed by atoms with Crippen molar-refractivity contribution in [2.24, 2.45) is 0 Å². The molecule has 1 nitrogen and oxygen atoms in total. The highest BCUT2D eigenvalue weighted by molar-refractivity contribution is 6.31. The van der Waals surface area contributed by atoms with Crippen LogP contribution >= 0.6 is 11.6 Å². The van der Waals surface area contributed by atoms with Crippen molar-refractivity contribution in [3.63, 3.8) is 0 Å². The van der Waals surface area contributed by atoms with Gasteiger partial charge < -0.3 is 5.11 Å².